The van der Waals surface area contributed by atoms with E-state index in [1.165, 1.54) is 39.9 Å². The van der Waals surface area contributed by atoms with E-state index in [0.717, 1.165) is 4.70 Å². The number of aromatic nitrogens is 1. The third-order valence-electron chi connectivity index (χ3n) is 4.67. The maximum atomic E-state index is 13.1. The first-order chi connectivity index (χ1) is 15.3. The van der Waals surface area contributed by atoms with Gasteiger partial charge in [-0.3, -0.25) is 14.4 Å². The first-order valence-corrected chi connectivity index (χ1v) is 12.6. The second-order valence-corrected chi connectivity index (χ2v) is 10.5. The highest BCUT2D eigenvalue weighted by atomic mass is 35.5. The summed E-state index contributed by atoms with van der Waals surface area (Å²) in [6.07, 6.45) is 0. The van der Waals surface area contributed by atoms with Gasteiger partial charge in [0.2, 0.25) is 0 Å². The number of sulfonamides is 1. The summed E-state index contributed by atoms with van der Waals surface area (Å²) in [5, 5.41) is 3.97. The lowest BCUT2D eigenvalue weighted by atomic mass is 10.2. The van der Waals surface area contributed by atoms with Crippen molar-refractivity contribution in [1.29, 1.82) is 0 Å². The van der Waals surface area contributed by atoms with Crippen molar-refractivity contribution in [2.24, 2.45) is 0 Å². The van der Waals surface area contributed by atoms with Crippen LogP contribution in [-0.2, 0) is 10.0 Å². The maximum Gasteiger partial charge on any atom is 0.264 e. The Balaban J connectivity index is 1.55. The SMILES string of the molecule is CCN(c1ccccc1)S(=O)(=O)c1ccc(C(=O)Nc2nc3c(Cl)cc(Cl)cc3s2)cc1. The van der Waals surface area contributed by atoms with Crippen LogP contribution in [0.4, 0.5) is 10.8 Å². The third-order valence-corrected chi connectivity index (χ3v) is 8.01. The normalized spacial score (nSPS) is 11.5. The molecule has 1 N–H and O–H groups in total. The van der Waals surface area contributed by atoms with E-state index in [4.69, 9.17) is 23.2 Å². The smallest absolute Gasteiger partial charge is 0.264 e. The van der Waals surface area contributed by atoms with E-state index in [1.807, 2.05) is 6.07 Å². The van der Waals surface area contributed by atoms with Gasteiger partial charge in [0.25, 0.3) is 15.9 Å². The van der Waals surface area contributed by atoms with Crippen molar-refractivity contribution in [3.05, 3.63) is 82.3 Å². The van der Waals surface area contributed by atoms with Crippen molar-refractivity contribution in [3.63, 3.8) is 0 Å². The number of nitrogens with zero attached hydrogens (tertiary/aromatic N) is 2. The minimum Gasteiger partial charge on any atom is -0.298 e. The monoisotopic (exact) mass is 505 g/mol. The fraction of sp³-hybridized carbons (Fsp3) is 0.0909. The summed E-state index contributed by atoms with van der Waals surface area (Å²) in [6.45, 7) is 2.04. The Hall–Kier alpha value is -2.65. The van der Waals surface area contributed by atoms with Gasteiger partial charge in [-0.1, -0.05) is 52.7 Å². The highest BCUT2D eigenvalue weighted by Gasteiger charge is 2.24. The molecule has 0 radical (unpaired) electrons. The van der Waals surface area contributed by atoms with E-state index in [1.54, 1.807) is 43.3 Å². The molecule has 0 bridgehead atoms. The first kappa shape index (κ1) is 22.5. The molecule has 0 aliphatic heterocycles. The Morgan fingerprint density at radius 1 is 1.06 bits per heavy atom. The van der Waals surface area contributed by atoms with Gasteiger partial charge in [0.1, 0.15) is 5.52 Å². The zero-order chi connectivity index (χ0) is 22.9. The van der Waals surface area contributed by atoms with Gasteiger partial charge in [-0.2, -0.15) is 0 Å². The van der Waals surface area contributed by atoms with Gasteiger partial charge >= 0.3 is 0 Å². The molecule has 6 nitrogen and oxygen atoms in total. The fourth-order valence-electron chi connectivity index (χ4n) is 3.17. The summed E-state index contributed by atoms with van der Waals surface area (Å²) in [4.78, 5) is 17.1. The number of halogens is 2. The Morgan fingerprint density at radius 3 is 2.41 bits per heavy atom. The van der Waals surface area contributed by atoms with Crippen LogP contribution in [0.15, 0.2) is 71.6 Å². The van der Waals surface area contributed by atoms with Crippen LogP contribution in [0.25, 0.3) is 10.2 Å². The number of hydrogen-bond donors (Lipinski definition) is 1. The largest absolute Gasteiger partial charge is 0.298 e. The van der Waals surface area contributed by atoms with Crippen molar-refractivity contribution in [2.75, 3.05) is 16.2 Å². The molecule has 32 heavy (non-hydrogen) atoms. The minimum atomic E-state index is -3.77. The maximum absolute atomic E-state index is 13.1. The lowest BCUT2D eigenvalue weighted by molar-refractivity contribution is 0.102. The fourth-order valence-corrected chi connectivity index (χ4v) is 6.23. The molecule has 1 amide bonds. The van der Waals surface area contributed by atoms with E-state index >= 15 is 0 Å². The number of fused-ring (bicyclic) bond motifs is 1. The van der Waals surface area contributed by atoms with Crippen molar-refractivity contribution in [2.45, 2.75) is 11.8 Å². The Bertz CT molecular complexity index is 1390. The number of nitrogens with one attached hydrogen (secondary N) is 1. The van der Waals surface area contributed by atoms with Crippen LogP contribution >= 0.6 is 34.5 Å². The van der Waals surface area contributed by atoms with Gasteiger partial charge in [-0.05, 0) is 55.5 Å². The molecule has 3 aromatic carbocycles. The zero-order valence-corrected chi connectivity index (χ0v) is 19.9. The van der Waals surface area contributed by atoms with Crippen LogP contribution in [0, 0.1) is 0 Å². The molecule has 4 rings (SSSR count). The molecule has 0 saturated heterocycles. The molecular weight excluding hydrogens is 489 g/mol. The van der Waals surface area contributed by atoms with Crippen LogP contribution in [0.5, 0.6) is 0 Å². The number of para-hydroxylation sites is 1. The highest BCUT2D eigenvalue weighted by Crippen LogP contribution is 2.34. The molecule has 1 heterocycles. The lowest BCUT2D eigenvalue weighted by Crippen LogP contribution is -2.30. The van der Waals surface area contributed by atoms with E-state index in [-0.39, 0.29) is 11.4 Å². The molecule has 4 aromatic rings. The van der Waals surface area contributed by atoms with Gasteiger partial charge in [-0.25, -0.2) is 13.4 Å². The summed E-state index contributed by atoms with van der Waals surface area (Å²) >= 11 is 13.4. The number of thiazole rings is 1. The van der Waals surface area contributed by atoms with Gasteiger partial charge in [-0.15, -0.1) is 0 Å². The van der Waals surface area contributed by atoms with Gasteiger partial charge < -0.3 is 0 Å². The summed E-state index contributed by atoms with van der Waals surface area (Å²) < 4.78 is 28.2. The summed E-state index contributed by atoms with van der Waals surface area (Å²) in [7, 11) is -3.77. The van der Waals surface area contributed by atoms with E-state index < -0.39 is 15.9 Å². The molecule has 0 fully saturated rings. The number of rotatable bonds is 6. The second kappa shape index (κ2) is 9.07. The van der Waals surface area contributed by atoms with Crippen LogP contribution < -0.4 is 9.62 Å². The molecule has 0 saturated carbocycles. The number of carbonyl (C=O) groups excluding carboxylic acids is 1. The molecule has 1 aromatic heterocycles. The molecule has 0 aliphatic carbocycles. The van der Waals surface area contributed by atoms with Crippen molar-refractivity contribution in [1.82, 2.24) is 4.98 Å². The quantitative estimate of drug-likeness (QED) is 0.344. The number of amides is 1. The average Bonchev–Trinajstić information content (AvgIpc) is 3.17. The number of anilines is 2. The molecule has 0 spiro atoms. The number of carbonyl (C=O) groups is 1. The highest BCUT2D eigenvalue weighted by molar-refractivity contribution is 7.92. The van der Waals surface area contributed by atoms with Crippen LogP contribution in [0.3, 0.4) is 0 Å². The van der Waals surface area contributed by atoms with Crippen LogP contribution in [-0.4, -0.2) is 25.9 Å². The topological polar surface area (TPSA) is 79.4 Å². The molecule has 0 atom stereocenters. The standard InChI is InChI=1S/C22H17Cl2N3O3S2/c1-2-27(16-6-4-3-5-7-16)32(29,30)17-10-8-14(9-11-17)21(28)26-22-25-20-18(24)12-15(23)13-19(20)31-22/h3-13H,2H2,1H3,(H,25,26,28). The van der Waals surface area contributed by atoms with Gasteiger partial charge in [0, 0.05) is 17.1 Å². The zero-order valence-electron chi connectivity index (χ0n) is 16.7. The van der Waals surface area contributed by atoms with Gasteiger partial charge in [0.15, 0.2) is 5.13 Å². The van der Waals surface area contributed by atoms with Crippen LogP contribution in [0.2, 0.25) is 10.0 Å². The van der Waals surface area contributed by atoms with Crippen molar-refractivity contribution < 1.29 is 13.2 Å². The Morgan fingerprint density at radius 2 is 1.75 bits per heavy atom. The predicted molar refractivity (Wildman–Crippen MR) is 131 cm³/mol. The second-order valence-electron chi connectivity index (χ2n) is 6.74. The average molecular weight is 506 g/mol. The van der Waals surface area contributed by atoms with E-state index in [0.29, 0.717) is 31.9 Å². The number of hydrogen-bond acceptors (Lipinski definition) is 5. The summed E-state index contributed by atoms with van der Waals surface area (Å²) in [5.74, 6) is -0.411. The van der Waals surface area contributed by atoms with Crippen molar-refractivity contribution >= 4 is 71.5 Å². The molecule has 10 heteroatoms. The van der Waals surface area contributed by atoms with Gasteiger partial charge in [0.05, 0.1) is 20.3 Å². The lowest BCUT2D eigenvalue weighted by Gasteiger charge is -2.22. The van der Waals surface area contributed by atoms with Crippen molar-refractivity contribution in [3.8, 4) is 0 Å². The number of benzene rings is 3. The molecular formula is C22H17Cl2N3O3S2. The Kier molecular flexibility index (Phi) is 6.39. The molecule has 164 valence electrons. The van der Waals surface area contributed by atoms with E-state index in [9.17, 15) is 13.2 Å². The van der Waals surface area contributed by atoms with E-state index in [2.05, 4.69) is 10.3 Å². The molecule has 0 aliphatic rings. The molecule has 0 unspecified atom stereocenters. The minimum absolute atomic E-state index is 0.0983. The van der Waals surface area contributed by atoms with Crippen LogP contribution in [0.1, 0.15) is 17.3 Å². The summed E-state index contributed by atoms with van der Waals surface area (Å²) in [5.41, 5.74) is 1.43. The predicted octanol–water partition coefficient (Wildman–Crippen LogP) is 6.07. The summed E-state index contributed by atoms with van der Waals surface area (Å²) in [6, 6.07) is 18.0. The Labute approximate surface area is 199 Å². The third kappa shape index (κ3) is 4.45. The first-order valence-electron chi connectivity index (χ1n) is 9.54.